The molecule has 0 aliphatic carbocycles. The van der Waals surface area contributed by atoms with Crippen LogP contribution in [-0.2, 0) is 37.8 Å². The highest BCUT2D eigenvalue weighted by Crippen LogP contribution is 2.40. The van der Waals surface area contributed by atoms with Crippen LogP contribution in [0, 0.1) is 5.82 Å². The van der Waals surface area contributed by atoms with E-state index >= 15 is 0 Å². The largest absolute Gasteiger partial charge is 0.475 e. The number of hydrogen-bond donors (Lipinski definition) is 0. The standard InChI is InChI=1S/C26H23Cl2FO5S/c1-2-35(31,32)21-7-3-17(4-8-21)11-20(30)12-18-5-10-25(24(29)13-18)34-26(15-33-16-26)22-9-6-19(27)14-23(22)28/h3-10,13-14H,2,11-12,15-16H2,1H3. The maximum atomic E-state index is 14.9. The van der Waals surface area contributed by atoms with E-state index in [0.717, 1.165) is 0 Å². The van der Waals surface area contributed by atoms with Gasteiger partial charge in [0.05, 0.1) is 23.9 Å². The highest BCUT2D eigenvalue weighted by atomic mass is 35.5. The van der Waals surface area contributed by atoms with Gasteiger partial charge in [0.1, 0.15) is 5.78 Å². The summed E-state index contributed by atoms with van der Waals surface area (Å²) < 4.78 is 50.1. The van der Waals surface area contributed by atoms with Crippen molar-refractivity contribution in [3.8, 4) is 5.75 Å². The number of sulfone groups is 1. The highest BCUT2D eigenvalue weighted by molar-refractivity contribution is 7.91. The molecule has 0 unspecified atom stereocenters. The van der Waals surface area contributed by atoms with Gasteiger partial charge in [-0.2, -0.15) is 0 Å². The van der Waals surface area contributed by atoms with Gasteiger partial charge in [-0.3, -0.25) is 4.79 Å². The first kappa shape index (κ1) is 25.6. The second-order valence-corrected chi connectivity index (χ2v) is 11.5. The fraction of sp³-hybridized carbons (Fsp3) is 0.269. The Bertz CT molecular complexity index is 1350. The minimum absolute atomic E-state index is 0.0113. The summed E-state index contributed by atoms with van der Waals surface area (Å²) in [7, 11) is -3.29. The smallest absolute Gasteiger partial charge is 0.182 e. The van der Waals surface area contributed by atoms with Crippen LogP contribution in [0.3, 0.4) is 0 Å². The fourth-order valence-corrected chi connectivity index (χ4v) is 5.33. The second kappa shape index (κ2) is 10.3. The number of carbonyl (C=O) groups is 1. The van der Waals surface area contributed by atoms with Gasteiger partial charge in [0.15, 0.2) is 27.0 Å². The molecule has 0 atom stereocenters. The summed E-state index contributed by atoms with van der Waals surface area (Å²) in [5.41, 5.74) is 0.939. The molecule has 1 fully saturated rings. The number of ketones is 1. The molecule has 35 heavy (non-hydrogen) atoms. The Morgan fingerprint density at radius 1 is 1.00 bits per heavy atom. The van der Waals surface area contributed by atoms with Crippen molar-refractivity contribution in [1.29, 1.82) is 0 Å². The maximum Gasteiger partial charge on any atom is 0.182 e. The first-order valence-corrected chi connectivity index (χ1v) is 13.4. The molecule has 1 saturated heterocycles. The third-order valence-electron chi connectivity index (χ3n) is 5.86. The Balaban J connectivity index is 1.43. The molecular formula is C26H23Cl2FO5S. The average molecular weight is 537 g/mol. The van der Waals surface area contributed by atoms with Gasteiger partial charge in [0, 0.05) is 28.5 Å². The minimum Gasteiger partial charge on any atom is -0.475 e. The monoisotopic (exact) mass is 536 g/mol. The molecule has 0 radical (unpaired) electrons. The Labute approximate surface area is 213 Å². The molecule has 0 N–H and O–H groups in total. The van der Waals surface area contributed by atoms with Crippen molar-refractivity contribution in [2.45, 2.75) is 30.3 Å². The van der Waals surface area contributed by atoms with Crippen molar-refractivity contribution in [1.82, 2.24) is 0 Å². The lowest BCUT2D eigenvalue weighted by molar-refractivity contribution is -0.168. The molecule has 1 heterocycles. The van der Waals surface area contributed by atoms with Gasteiger partial charge in [-0.05, 0) is 47.5 Å². The van der Waals surface area contributed by atoms with Crippen LogP contribution in [0.25, 0.3) is 0 Å². The molecule has 0 amide bonds. The van der Waals surface area contributed by atoms with Gasteiger partial charge in [-0.15, -0.1) is 0 Å². The van der Waals surface area contributed by atoms with E-state index in [4.69, 9.17) is 32.7 Å². The molecule has 184 valence electrons. The number of hydrogen-bond acceptors (Lipinski definition) is 5. The Hall–Kier alpha value is -2.45. The van der Waals surface area contributed by atoms with Crippen molar-refractivity contribution in [3.05, 3.63) is 93.2 Å². The molecule has 3 aromatic carbocycles. The normalized spacial score (nSPS) is 14.9. The molecule has 0 bridgehead atoms. The summed E-state index contributed by atoms with van der Waals surface area (Å²) in [5.74, 6) is -0.678. The van der Waals surface area contributed by atoms with Gasteiger partial charge in [-0.1, -0.05) is 54.4 Å². The van der Waals surface area contributed by atoms with Crippen LogP contribution in [0.2, 0.25) is 10.0 Å². The van der Waals surface area contributed by atoms with E-state index in [-0.39, 0.29) is 48.2 Å². The van der Waals surface area contributed by atoms with E-state index < -0.39 is 21.3 Å². The Kier molecular flexibility index (Phi) is 7.52. The molecule has 5 nitrogen and oxygen atoms in total. The van der Waals surface area contributed by atoms with Crippen LogP contribution in [-0.4, -0.2) is 33.2 Å². The van der Waals surface area contributed by atoms with Crippen LogP contribution in [0.5, 0.6) is 5.75 Å². The molecular weight excluding hydrogens is 514 g/mol. The lowest BCUT2D eigenvalue weighted by Crippen LogP contribution is -2.51. The van der Waals surface area contributed by atoms with Crippen LogP contribution in [0.1, 0.15) is 23.6 Å². The molecule has 0 aromatic heterocycles. The number of Topliss-reactive ketones (excluding diaryl/α,β-unsaturated/α-hetero) is 1. The lowest BCUT2D eigenvalue weighted by atomic mass is 9.91. The van der Waals surface area contributed by atoms with Crippen LogP contribution in [0.4, 0.5) is 4.39 Å². The van der Waals surface area contributed by atoms with E-state index in [1.54, 1.807) is 43.3 Å². The Morgan fingerprint density at radius 2 is 1.66 bits per heavy atom. The second-order valence-electron chi connectivity index (χ2n) is 8.42. The molecule has 9 heteroatoms. The molecule has 0 spiro atoms. The van der Waals surface area contributed by atoms with Crippen molar-refractivity contribution >= 4 is 38.8 Å². The summed E-state index contributed by atoms with van der Waals surface area (Å²) in [6.07, 6.45) is 0.144. The highest BCUT2D eigenvalue weighted by Gasteiger charge is 2.45. The van der Waals surface area contributed by atoms with Gasteiger partial charge in [0.2, 0.25) is 0 Å². The number of rotatable bonds is 9. The summed E-state index contributed by atoms with van der Waals surface area (Å²) in [4.78, 5) is 12.8. The van der Waals surface area contributed by atoms with E-state index in [0.29, 0.717) is 26.7 Å². The van der Waals surface area contributed by atoms with Gasteiger partial charge in [0.25, 0.3) is 0 Å². The van der Waals surface area contributed by atoms with Crippen molar-refractivity contribution in [2.75, 3.05) is 19.0 Å². The number of halogens is 3. The number of benzene rings is 3. The van der Waals surface area contributed by atoms with Crippen LogP contribution >= 0.6 is 23.2 Å². The van der Waals surface area contributed by atoms with Crippen molar-refractivity contribution in [3.63, 3.8) is 0 Å². The van der Waals surface area contributed by atoms with Crippen LogP contribution in [0.15, 0.2) is 65.6 Å². The fourth-order valence-electron chi connectivity index (χ4n) is 3.86. The van der Waals surface area contributed by atoms with E-state index in [1.807, 2.05) is 0 Å². The predicted molar refractivity (Wildman–Crippen MR) is 133 cm³/mol. The third-order valence-corrected chi connectivity index (χ3v) is 8.16. The number of carbonyl (C=O) groups excluding carboxylic acids is 1. The maximum absolute atomic E-state index is 14.9. The number of ether oxygens (including phenoxy) is 2. The predicted octanol–water partition coefficient (Wildman–Crippen LogP) is 5.58. The minimum atomic E-state index is -3.29. The van der Waals surface area contributed by atoms with E-state index in [1.165, 1.54) is 24.3 Å². The van der Waals surface area contributed by atoms with Crippen molar-refractivity contribution in [2.24, 2.45) is 0 Å². The molecule has 0 saturated carbocycles. The van der Waals surface area contributed by atoms with E-state index in [9.17, 15) is 17.6 Å². The summed E-state index contributed by atoms with van der Waals surface area (Å²) in [5, 5.41) is 0.889. The third kappa shape index (κ3) is 5.70. The zero-order valence-corrected chi connectivity index (χ0v) is 21.2. The van der Waals surface area contributed by atoms with E-state index in [2.05, 4.69) is 0 Å². The zero-order chi connectivity index (χ0) is 25.2. The lowest BCUT2D eigenvalue weighted by Gasteiger charge is -2.42. The zero-order valence-electron chi connectivity index (χ0n) is 18.9. The molecule has 1 aliphatic rings. The first-order valence-electron chi connectivity index (χ1n) is 11.0. The topological polar surface area (TPSA) is 69.7 Å². The van der Waals surface area contributed by atoms with Gasteiger partial charge >= 0.3 is 0 Å². The first-order chi connectivity index (χ1) is 16.6. The quantitative estimate of drug-likeness (QED) is 0.356. The average Bonchev–Trinajstić information content (AvgIpc) is 2.78. The summed E-state index contributed by atoms with van der Waals surface area (Å²) in [6.45, 7) is 2.01. The molecule has 3 aromatic rings. The van der Waals surface area contributed by atoms with Crippen molar-refractivity contribution < 1.29 is 27.1 Å². The summed E-state index contributed by atoms with van der Waals surface area (Å²) in [6, 6.07) is 15.7. The van der Waals surface area contributed by atoms with Gasteiger partial charge < -0.3 is 9.47 Å². The molecule has 1 aliphatic heterocycles. The summed E-state index contributed by atoms with van der Waals surface area (Å²) >= 11 is 12.3. The SMILES string of the molecule is CCS(=O)(=O)c1ccc(CC(=O)Cc2ccc(OC3(c4ccc(Cl)cc4Cl)COC3)c(F)c2)cc1. The Morgan fingerprint density at radius 3 is 2.23 bits per heavy atom. The van der Waals surface area contributed by atoms with Crippen LogP contribution < -0.4 is 4.74 Å². The van der Waals surface area contributed by atoms with Gasteiger partial charge in [-0.25, -0.2) is 12.8 Å². The molecule has 4 rings (SSSR count).